The van der Waals surface area contributed by atoms with Crippen LogP contribution < -0.4 is 5.73 Å². The Labute approximate surface area is 47.3 Å². The highest BCUT2D eigenvalue weighted by Crippen LogP contribution is 1.96. The minimum atomic E-state index is 0.289. The number of nitrogens with one attached hydrogen (secondary N) is 1. The first-order valence-corrected chi connectivity index (χ1v) is 3.05. The van der Waals surface area contributed by atoms with E-state index in [1.165, 1.54) is 11.8 Å². The van der Waals surface area contributed by atoms with Crippen molar-refractivity contribution in [2.75, 3.05) is 5.75 Å². The monoisotopic (exact) mass is 120 g/mol. The van der Waals surface area contributed by atoms with Crippen LogP contribution in [0.1, 0.15) is 6.92 Å². The summed E-state index contributed by atoms with van der Waals surface area (Å²) in [5.74, 6) is 0.919. The maximum Gasteiger partial charge on any atom is 0.152 e. The van der Waals surface area contributed by atoms with Crippen molar-refractivity contribution < 1.29 is 0 Å². The van der Waals surface area contributed by atoms with Crippen molar-refractivity contribution >= 4 is 28.3 Å². The number of thiocarbonyl (C=S) groups is 1. The summed E-state index contributed by atoms with van der Waals surface area (Å²) in [7, 11) is 0. The molecule has 0 rings (SSSR count). The second-order valence-electron chi connectivity index (χ2n) is 0.720. The van der Waals surface area contributed by atoms with Crippen LogP contribution >= 0.6 is 24.0 Å². The predicted molar refractivity (Wildman–Crippen MR) is 33.8 cm³/mol. The molecular weight excluding hydrogens is 114 g/mol. The van der Waals surface area contributed by atoms with Gasteiger partial charge in [-0.05, 0) is 5.75 Å². The van der Waals surface area contributed by atoms with E-state index in [0.29, 0.717) is 0 Å². The summed E-state index contributed by atoms with van der Waals surface area (Å²) in [5, 5.41) is 0. The fraction of sp³-hybridized carbons (Fsp3) is 0.667. The maximum atomic E-state index is 6.67. The van der Waals surface area contributed by atoms with Crippen LogP contribution in [0.2, 0.25) is 0 Å². The van der Waals surface area contributed by atoms with E-state index in [-0.39, 0.29) is 4.32 Å². The van der Waals surface area contributed by atoms with Crippen LogP contribution in [0.5, 0.6) is 0 Å². The van der Waals surface area contributed by atoms with Gasteiger partial charge in [0.1, 0.15) is 0 Å². The fourth-order valence-electron chi connectivity index (χ4n) is 0.131. The Kier molecular flexibility index (Phi) is 3.57. The number of thioether (sulfide) groups is 1. The largest absolute Gasteiger partial charge is 0.284 e. The lowest BCUT2D eigenvalue weighted by molar-refractivity contribution is 1.54. The van der Waals surface area contributed by atoms with E-state index in [2.05, 4.69) is 12.2 Å². The molecule has 0 unspecified atom stereocenters. The third-order valence-corrected chi connectivity index (χ3v) is 1.18. The molecule has 0 saturated heterocycles. The Hall–Kier alpha value is 0.240. The van der Waals surface area contributed by atoms with Gasteiger partial charge < -0.3 is 0 Å². The minimum Gasteiger partial charge on any atom is -0.284 e. The zero-order valence-corrected chi connectivity index (χ0v) is 5.16. The molecule has 0 aliphatic heterocycles. The van der Waals surface area contributed by atoms with Crippen LogP contribution in [0, 0.1) is 0 Å². The molecule has 0 spiro atoms. The lowest BCUT2D eigenvalue weighted by atomic mass is 11.0. The lowest BCUT2D eigenvalue weighted by Gasteiger charge is -1.83. The van der Waals surface area contributed by atoms with Gasteiger partial charge >= 0.3 is 0 Å². The molecule has 1 nitrogen and oxygen atoms in total. The summed E-state index contributed by atoms with van der Waals surface area (Å²) in [4.78, 5) is 0. The van der Waals surface area contributed by atoms with Crippen molar-refractivity contribution in [3.63, 3.8) is 0 Å². The quantitative estimate of drug-likeness (QED) is 0.487. The molecule has 0 aromatic rings. The number of hydrogen-bond donors (Lipinski definition) is 0. The molecule has 6 heavy (non-hydrogen) atoms. The van der Waals surface area contributed by atoms with Gasteiger partial charge in [0.25, 0.3) is 0 Å². The van der Waals surface area contributed by atoms with Crippen molar-refractivity contribution in [1.29, 1.82) is 0 Å². The fourth-order valence-corrected chi connectivity index (χ4v) is 0.747. The van der Waals surface area contributed by atoms with Crippen molar-refractivity contribution in [1.82, 2.24) is 5.73 Å². The molecule has 0 aliphatic rings. The Morgan fingerprint density at radius 2 is 2.50 bits per heavy atom. The van der Waals surface area contributed by atoms with Gasteiger partial charge in [0, 0.05) is 0 Å². The van der Waals surface area contributed by atoms with Gasteiger partial charge in [-0.2, -0.15) is 0 Å². The molecule has 0 atom stereocenters. The Morgan fingerprint density at radius 3 is 2.50 bits per heavy atom. The zero-order valence-electron chi connectivity index (χ0n) is 3.52. The van der Waals surface area contributed by atoms with Crippen LogP contribution in [-0.2, 0) is 0 Å². The molecule has 0 heterocycles. The van der Waals surface area contributed by atoms with Gasteiger partial charge in [-0.15, -0.1) is 0 Å². The van der Waals surface area contributed by atoms with Gasteiger partial charge in [0.05, 0.1) is 0 Å². The molecule has 0 amide bonds. The lowest BCUT2D eigenvalue weighted by Crippen LogP contribution is -1.84. The van der Waals surface area contributed by atoms with E-state index in [1.807, 2.05) is 6.92 Å². The van der Waals surface area contributed by atoms with Crippen LogP contribution in [-0.4, -0.2) is 10.1 Å². The molecule has 0 saturated carbocycles. The van der Waals surface area contributed by atoms with Gasteiger partial charge in [-0.25, -0.2) is 0 Å². The van der Waals surface area contributed by atoms with Gasteiger partial charge in [0.2, 0.25) is 0 Å². The Balaban J connectivity index is 2.83. The third-order valence-electron chi connectivity index (χ3n) is 0.275. The molecule has 0 aromatic heterocycles. The van der Waals surface area contributed by atoms with Crippen LogP contribution in [0.25, 0.3) is 0 Å². The van der Waals surface area contributed by atoms with E-state index < -0.39 is 0 Å². The van der Waals surface area contributed by atoms with Crippen LogP contribution in [0.15, 0.2) is 0 Å². The normalized spacial score (nSPS) is 8.17. The second-order valence-corrected chi connectivity index (χ2v) is 2.66. The molecule has 0 bridgehead atoms. The highest BCUT2D eigenvalue weighted by Gasteiger charge is 1.80. The average Bonchev–Trinajstić information content (AvgIpc) is 1.35. The molecule has 1 N–H and O–H groups in total. The first-order valence-electron chi connectivity index (χ1n) is 1.65. The van der Waals surface area contributed by atoms with Crippen LogP contribution in [0.3, 0.4) is 0 Å². The summed E-state index contributed by atoms with van der Waals surface area (Å²) < 4.78 is 0.289. The van der Waals surface area contributed by atoms with E-state index in [1.54, 1.807) is 0 Å². The molecule has 1 radical (unpaired) electrons. The molecule has 0 fully saturated rings. The summed E-state index contributed by atoms with van der Waals surface area (Å²) in [6.45, 7) is 1.98. The first-order chi connectivity index (χ1) is 2.77. The smallest absolute Gasteiger partial charge is 0.152 e. The summed E-state index contributed by atoms with van der Waals surface area (Å²) >= 11 is 5.81. The first kappa shape index (κ1) is 6.24. The third kappa shape index (κ3) is 4.24. The summed E-state index contributed by atoms with van der Waals surface area (Å²) in [5.41, 5.74) is 6.67. The summed E-state index contributed by atoms with van der Waals surface area (Å²) in [6, 6.07) is 0. The SMILES string of the molecule is CCSC([NH])=S. The highest BCUT2D eigenvalue weighted by molar-refractivity contribution is 8.22. The van der Waals surface area contributed by atoms with E-state index in [0.717, 1.165) is 5.75 Å². The Morgan fingerprint density at radius 1 is 2.00 bits per heavy atom. The maximum absolute atomic E-state index is 6.67. The van der Waals surface area contributed by atoms with E-state index in [9.17, 15) is 0 Å². The molecule has 3 heteroatoms. The average molecular weight is 120 g/mol. The zero-order chi connectivity index (χ0) is 4.99. The molecular formula is C3H6NS2. The van der Waals surface area contributed by atoms with E-state index in [4.69, 9.17) is 5.73 Å². The summed E-state index contributed by atoms with van der Waals surface area (Å²) in [6.07, 6.45) is 0. The van der Waals surface area contributed by atoms with Crippen LogP contribution in [0.4, 0.5) is 0 Å². The van der Waals surface area contributed by atoms with Gasteiger partial charge in [-0.3, -0.25) is 5.73 Å². The number of hydrogen-bond acceptors (Lipinski definition) is 2. The molecule has 0 aromatic carbocycles. The van der Waals surface area contributed by atoms with Crippen molar-refractivity contribution in [2.45, 2.75) is 6.92 Å². The predicted octanol–water partition coefficient (Wildman–Crippen LogP) is 1.31. The molecule has 35 valence electrons. The number of rotatable bonds is 1. The molecule has 0 aliphatic carbocycles. The van der Waals surface area contributed by atoms with Crippen molar-refractivity contribution in [2.24, 2.45) is 0 Å². The minimum absolute atomic E-state index is 0.289. The van der Waals surface area contributed by atoms with Gasteiger partial charge in [-0.1, -0.05) is 30.9 Å². The highest BCUT2D eigenvalue weighted by atomic mass is 32.2. The van der Waals surface area contributed by atoms with Crippen molar-refractivity contribution in [3.8, 4) is 0 Å². The van der Waals surface area contributed by atoms with Gasteiger partial charge in [0.15, 0.2) is 4.32 Å². The van der Waals surface area contributed by atoms with Crippen molar-refractivity contribution in [3.05, 3.63) is 0 Å². The topological polar surface area (TPSA) is 23.8 Å². The second kappa shape index (κ2) is 3.43. The Bertz CT molecular complexity index is 52.8. The standard InChI is InChI=1S/C3H6NS2/c1-2-6-3(4)5/h4H,2H2,1H3. The van der Waals surface area contributed by atoms with E-state index >= 15 is 0 Å².